The van der Waals surface area contributed by atoms with Crippen LogP contribution in [0.15, 0.2) is 48.5 Å². The number of para-hydroxylation sites is 1. The van der Waals surface area contributed by atoms with E-state index in [1.54, 1.807) is 31.2 Å². The summed E-state index contributed by atoms with van der Waals surface area (Å²) in [6.45, 7) is 5.85. The first-order chi connectivity index (χ1) is 15.8. The number of amides is 2. The van der Waals surface area contributed by atoms with E-state index in [2.05, 4.69) is 17.6 Å². The fourth-order valence-electron chi connectivity index (χ4n) is 3.99. The summed E-state index contributed by atoms with van der Waals surface area (Å²) in [6, 6.07) is 14.6. The van der Waals surface area contributed by atoms with E-state index in [1.807, 2.05) is 31.2 Å². The highest BCUT2D eigenvalue weighted by molar-refractivity contribution is 7.17. The molecule has 0 fully saturated rings. The predicted octanol–water partition coefficient (Wildman–Crippen LogP) is 6.49. The lowest BCUT2D eigenvalue weighted by Crippen LogP contribution is -2.30. The number of anilines is 2. The lowest BCUT2D eigenvalue weighted by Gasteiger charge is -2.19. The maximum atomic E-state index is 13.4. The van der Waals surface area contributed by atoms with Gasteiger partial charge in [-0.1, -0.05) is 42.8 Å². The zero-order valence-corrected chi connectivity index (χ0v) is 20.5. The maximum absolute atomic E-state index is 13.4. The molecule has 0 saturated heterocycles. The van der Waals surface area contributed by atoms with Crippen molar-refractivity contribution in [3.05, 3.63) is 75.1 Å². The molecule has 0 bridgehead atoms. The van der Waals surface area contributed by atoms with Gasteiger partial charge in [-0.2, -0.15) is 0 Å². The van der Waals surface area contributed by atoms with Crippen molar-refractivity contribution in [1.29, 1.82) is 0 Å². The van der Waals surface area contributed by atoms with Crippen molar-refractivity contribution in [2.75, 3.05) is 10.6 Å². The number of benzene rings is 2. The first kappa shape index (κ1) is 23.3. The third kappa shape index (κ3) is 5.40. The molecule has 2 atom stereocenters. The summed E-state index contributed by atoms with van der Waals surface area (Å²) in [5.74, 6) is 0.556. The van der Waals surface area contributed by atoms with E-state index < -0.39 is 6.10 Å². The van der Waals surface area contributed by atoms with Crippen LogP contribution in [0.5, 0.6) is 5.75 Å². The van der Waals surface area contributed by atoms with Crippen LogP contribution >= 0.6 is 22.9 Å². The fourth-order valence-corrected chi connectivity index (χ4v) is 5.58. The Morgan fingerprint density at radius 1 is 1.15 bits per heavy atom. The SMILES string of the molecule is Cc1ccccc1NC(=O)c1c(NC(=O)C(C)Oc2cccc(Cl)c2)sc2c1CCC(C)C2. The molecular weight excluding hydrogens is 456 g/mol. The van der Waals surface area contributed by atoms with E-state index in [-0.39, 0.29) is 11.8 Å². The number of hydrogen-bond donors (Lipinski definition) is 2. The molecule has 0 aliphatic heterocycles. The van der Waals surface area contributed by atoms with Crippen LogP contribution < -0.4 is 15.4 Å². The number of carbonyl (C=O) groups is 2. The molecule has 7 heteroatoms. The molecule has 4 rings (SSSR count). The Morgan fingerprint density at radius 3 is 2.70 bits per heavy atom. The molecule has 1 aliphatic rings. The molecule has 33 heavy (non-hydrogen) atoms. The fraction of sp³-hybridized carbons (Fsp3) is 0.308. The Balaban J connectivity index is 1.58. The average molecular weight is 483 g/mol. The number of halogens is 1. The molecule has 2 amide bonds. The monoisotopic (exact) mass is 482 g/mol. The summed E-state index contributed by atoms with van der Waals surface area (Å²) >= 11 is 7.51. The van der Waals surface area contributed by atoms with Gasteiger partial charge in [0.1, 0.15) is 10.8 Å². The Hall–Kier alpha value is -2.83. The second-order valence-electron chi connectivity index (χ2n) is 8.53. The molecule has 0 saturated carbocycles. The summed E-state index contributed by atoms with van der Waals surface area (Å²) in [4.78, 5) is 27.5. The normalized spacial score (nSPS) is 15.9. The molecule has 2 unspecified atom stereocenters. The van der Waals surface area contributed by atoms with Gasteiger partial charge < -0.3 is 15.4 Å². The van der Waals surface area contributed by atoms with Crippen molar-refractivity contribution in [2.45, 2.75) is 46.1 Å². The Labute approximate surface area is 203 Å². The summed E-state index contributed by atoms with van der Waals surface area (Å²) in [6.07, 6.45) is 2.01. The number of thiophene rings is 1. The van der Waals surface area contributed by atoms with Crippen molar-refractivity contribution in [3.63, 3.8) is 0 Å². The van der Waals surface area contributed by atoms with Crippen LogP contribution in [-0.4, -0.2) is 17.9 Å². The number of nitrogens with one attached hydrogen (secondary N) is 2. The van der Waals surface area contributed by atoms with Gasteiger partial charge in [0.15, 0.2) is 6.10 Å². The number of fused-ring (bicyclic) bond motifs is 1. The van der Waals surface area contributed by atoms with Gasteiger partial charge in [-0.05, 0) is 74.4 Å². The van der Waals surface area contributed by atoms with Crippen LogP contribution in [0.1, 0.15) is 46.6 Å². The lowest BCUT2D eigenvalue weighted by molar-refractivity contribution is -0.122. The summed E-state index contributed by atoms with van der Waals surface area (Å²) in [7, 11) is 0. The Kier molecular flexibility index (Phi) is 7.05. The van der Waals surface area contributed by atoms with E-state index in [1.165, 1.54) is 16.2 Å². The highest BCUT2D eigenvalue weighted by atomic mass is 35.5. The molecule has 5 nitrogen and oxygen atoms in total. The van der Waals surface area contributed by atoms with Gasteiger partial charge in [0.05, 0.1) is 5.56 Å². The maximum Gasteiger partial charge on any atom is 0.265 e. The molecule has 1 aromatic heterocycles. The van der Waals surface area contributed by atoms with Gasteiger partial charge in [0.25, 0.3) is 11.8 Å². The molecule has 0 spiro atoms. The lowest BCUT2D eigenvalue weighted by atomic mass is 9.88. The molecule has 2 aromatic carbocycles. The van der Waals surface area contributed by atoms with Crippen molar-refractivity contribution < 1.29 is 14.3 Å². The molecular formula is C26H27ClN2O3S. The summed E-state index contributed by atoms with van der Waals surface area (Å²) < 4.78 is 5.77. The highest BCUT2D eigenvalue weighted by Crippen LogP contribution is 2.40. The Morgan fingerprint density at radius 2 is 1.94 bits per heavy atom. The largest absolute Gasteiger partial charge is 0.481 e. The zero-order valence-electron chi connectivity index (χ0n) is 18.9. The van der Waals surface area contributed by atoms with E-state index >= 15 is 0 Å². The zero-order chi connectivity index (χ0) is 23.5. The van der Waals surface area contributed by atoms with Crippen LogP contribution in [0.2, 0.25) is 5.02 Å². The van der Waals surface area contributed by atoms with Crippen molar-refractivity contribution in [1.82, 2.24) is 0 Å². The van der Waals surface area contributed by atoms with Crippen LogP contribution in [0, 0.1) is 12.8 Å². The first-order valence-electron chi connectivity index (χ1n) is 11.1. The van der Waals surface area contributed by atoms with Crippen LogP contribution in [-0.2, 0) is 17.6 Å². The highest BCUT2D eigenvalue weighted by Gasteiger charge is 2.29. The molecule has 1 aliphatic carbocycles. The molecule has 0 radical (unpaired) electrons. The van der Waals surface area contributed by atoms with Crippen LogP contribution in [0.4, 0.5) is 10.7 Å². The third-order valence-corrected chi connectivity index (χ3v) is 7.25. The van der Waals surface area contributed by atoms with Gasteiger partial charge in [-0.3, -0.25) is 9.59 Å². The number of carbonyl (C=O) groups excluding carboxylic acids is 2. The van der Waals surface area contributed by atoms with Gasteiger partial charge in [0.2, 0.25) is 0 Å². The average Bonchev–Trinajstić information content (AvgIpc) is 3.12. The number of hydrogen-bond acceptors (Lipinski definition) is 4. The number of ether oxygens (including phenoxy) is 1. The topological polar surface area (TPSA) is 67.4 Å². The van der Waals surface area contributed by atoms with E-state index in [0.717, 1.165) is 36.1 Å². The minimum Gasteiger partial charge on any atom is -0.481 e. The van der Waals surface area contributed by atoms with E-state index in [9.17, 15) is 9.59 Å². The van der Waals surface area contributed by atoms with Crippen molar-refractivity contribution >= 4 is 45.4 Å². The molecule has 3 aromatic rings. The van der Waals surface area contributed by atoms with Gasteiger partial charge in [0, 0.05) is 15.6 Å². The third-order valence-electron chi connectivity index (χ3n) is 5.85. The molecule has 2 N–H and O–H groups in total. The molecule has 1 heterocycles. The van der Waals surface area contributed by atoms with Gasteiger partial charge in [-0.25, -0.2) is 0 Å². The smallest absolute Gasteiger partial charge is 0.265 e. The van der Waals surface area contributed by atoms with E-state index in [0.29, 0.717) is 27.3 Å². The second kappa shape index (κ2) is 9.98. The van der Waals surface area contributed by atoms with E-state index in [4.69, 9.17) is 16.3 Å². The van der Waals surface area contributed by atoms with Crippen molar-refractivity contribution in [3.8, 4) is 5.75 Å². The van der Waals surface area contributed by atoms with Crippen molar-refractivity contribution in [2.24, 2.45) is 5.92 Å². The number of rotatable bonds is 6. The van der Waals surface area contributed by atoms with Gasteiger partial charge in [-0.15, -0.1) is 11.3 Å². The second-order valence-corrected chi connectivity index (χ2v) is 10.1. The Bertz CT molecular complexity index is 1190. The minimum absolute atomic E-state index is 0.199. The van der Waals surface area contributed by atoms with Crippen LogP contribution in [0.3, 0.4) is 0 Å². The summed E-state index contributed by atoms with van der Waals surface area (Å²) in [5, 5.41) is 7.11. The first-order valence-corrected chi connectivity index (χ1v) is 12.3. The van der Waals surface area contributed by atoms with Crippen LogP contribution in [0.25, 0.3) is 0 Å². The quantitative estimate of drug-likeness (QED) is 0.421. The molecule has 172 valence electrons. The summed E-state index contributed by atoms with van der Waals surface area (Å²) in [5.41, 5.74) is 3.36. The standard InChI is InChI=1S/C26H27ClN2O3S/c1-15-11-12-20-22(13-15)33-26(23(20)25(31)28-21-10-5-4-7-16(21)2)29-24(30)17(3)32-19-9-6-8-18(27)14-19/h4-10,14-15,17H,11-13H2,1-3H3,(H,28,31)(H,29,30). The van der Waals surface area contributed by atoms with Gasteiger partial charge >= 0.3 is 0 Å². The minimum atomic E-state index is -0.756. The predicted molar refractivity (Wildman–Crippen MR) is 135 cm³/mol. The number of aryl methyl sites for hydroxylation is 1.